The van der Waals surface area contributed by atoms with Crippen LogP contribution in [-0.4, -0.2) is 55.2 Å². The van der Waals surface area contributed by atoms with Crippen LogP contribution in [-0.2, 0) is 19.6 Å². The van der Waals surface area contributed by atoms with E-state index in [9.17, 15) is 18.0 Å². The van der Waals surface area contributed by atoms with E-state index in [0.29, 0.717) is 17.9 Å². The lowest BCUT2D eigenvalue weighted by Gasteiger charge is -2.20. The van der Waals surface area contributed by atoms with Gasteiger partial charge in [-0.3, -0.25) is 14.3 Å². The Morgan fingerprint density at radius 2 is 1.84 bits per heavy atom. The maximum Gasteiger partial charge on any atom is 0.323 e. The molecule has 0 saturated heterocycles. The monoisotopic (exact) mass is 372 g/mol. The molecule has 140 valence electrons. The van der Waals surface area contributed by atoms with E-state index in [1.807, 2.05) is 13.8 Å². The summed E-state index contributed by atoms with van der Waals surface area (Å²) in [6.45, 7) is 5.18. The van der Waals surface area contributed by atoms with Crippen LogP contribution in [0.2, 0.25) is 0 Å². The number of ether oxygens (including phenoxy) is 1. The number of aliphatic carboxylic acids is 1. The SMILES string of the molecule is CCCN(CC(=O)O)C(=O)CS(=O)(=O)Nc1ccc(OC(C)C)cc1. The number of hydrogen-bond donors (Lipinski definition) is 2. The molecule has 2 N–H and O–H groups in total. The first-order chi connectivity index (χ1) is 11.6. The van der Waals surface area contributed by atoms with Gasteiger partial charge in [0.05, 0.1) is 6.10 Å². The van der Waals surface area contributed by atoms with Crippen molar-refractivity contribution in [1.29, 1.82) is 0 Å². The van der Waals surface area contributed by atoms with Crippen molar-refractivity contribution in [2.24, 2.45) is 0 Å². The Bertz CT molecular complexity index is 685. The van der Waals surface area contributed by atoms with Gasteiger partial charge in [0, 0.05) is 12.2 Å². The minimum absolute atomic E-state index is 0.000975. The van der Waals surface area contributed by atoms with E-state index in [1.54, 1.807) is 19.1 Å². The summed E-state index contributed by atoms with van der Waals surface area (Å²) in [5.74, 6) is -2.15. The molecule has 1 rings (SSSR count). The van der Waals surface area contributed by atoms with Gasteiger partial charge in [0.25, 0.3) is 0 Å². The highest BCUT2D eigenvalue weighted by atomic mass is 32.2. The fourth-order valence-electron chi connectivity index (χ4n) is 2.07. The summed E-state index contributed by atoms with van der Waals surface area (Å²) in [6, 6.07) is 6.29. The standard InChI is InChI=1S/C16H24N2O6S/c1-4-9-18(10-16(20)21)15(19)11-25(22,23)17-13-5-7-14(8-6-13)24-12(2)3/h5-8,12,17H,4,9-11H2,1-3H3,(H,20,21). The molecule has 0 aliphatic carbocycles. The first-order valence-electron chi connectivity index (χ1n) is 7.89. The van der Waals surface area contributed by atoms with Gasteiger partial charge >= 0.3 is 5.97 Å². The molecule has 0 heterocycles. The summed E-state index contributed by atoms with van der Waals surface area (Å²) in [5, 5.41) is 8.81. The van der Waals surface area contributed by atoms with Crippen LogP contribution in [0.3, 0.4) is 0 Å². The molecule has 0 bridgehead atoms. The van der Waals surface area contributed by atoms with Gasteiger partial charge < -0.3 is 14.7 Å². The van der Waals surface area contributed by atoms with Gasteiger partial charge in [-0.25, -0.2) is 8.42 Å². The molecule has 0 unspecified atom stereocenters. The van der Waals surface area contributed by atoms with Crippen LogP contribution < -0.4 is 9.46 Å². The fraction of sp³-hybridized carbons (Fsp3) is 0.500. The Labute approximate surface area is 147 Å². The maximum atomic E-state index is 12.1. The van der Waals surface area contributed by atoms with E-state index in [0.717, 1.165) is 4.90 Å². The second-order valence-corrected chi connectivity index (χ2v) is 7.48. The van der Waals surface area contributed by atoms with Gasteiger partial charge in [-0.15, -0.1) is 0 Å². The highest BCUT2D eigenvalue weighted by Gasteiger charge is 2.23. The molecule has 0 aliphatic rings. The number of rotatable bonds is 10. The number of hydrogen-bond acceptors (Lipinski definition) is 5. The van der Waals surface area contributed by atoms with Crippen LogP contribution in [0.5, 0.6) is 5.75 Å². The maximum absolute atomic E-state index is 12.1. The molecule has 0 spiro atoms. The molecule has 0 aliphatic heterocycles. The van der Waals surface area contributed by atoms with Crippen molar-refractivity contribution in [2.45, 2.75) is 33.3 Å². The number of nitrogens with zero attached hydrogens (tertiary/aromatic N) is 1. The summed E-state index contributed by atoms with van der Waals surface area (Å²) in [5.41, 5.74) is 0.296. The van der Waals surface area contributed by atoms with Crippen molar-refractivity contribution in [2.75, 3.05) is 23.6 Å². The molecule has 0 radical (unpaired) electrons. The summed E-state index contributed by atoms with van der Waals surface area (Å²) < 4.78 is 32.0. The van der Waals surface area contributed by atoms with Gasteiger partial charge in [0.15, 0.2) is 0 Å². The van der Waals surface area contributed by atoms with Gasteiger partial charge in [0.2, 0.25) is 15.9 Å². The highest BCUT2D eigenvalue weighted by molar-refractivity contribution is 7.93. The van der Waals surface area contributed by atoms with Crippen molar-refractivity contribution >= 4 is 27.6 Å². The number of carboxylic acids is 1. The summed E-state index contributed by atoms with van der Waals surface area (Å²) in [4.78, 5) is 23.9. The minimum atomic E-state index is -3.94. The number of sulfonamides is 1. The van der Waals surface area contributed by atoms with Crippen molar-refractivity contribution < 1.29 is 27.9 Å². The van der Waals surface area contributed by atoms with Gasteiger partial charge in [-0.2, -0.15) is 0 Å². The number of benzene rings is 1. The summed E-state index contributed by atoms with van der Waals surface area (Å²) >= 11 is 0. The normalized spacial score (nSPS) is 11.2. The van der Waals surface area contributed by atoms with Crippen LogP contribution in [0.4, 0.5) is 5.69 Å². The Morgan fingerprint density at radius 1 is 1.24 bits per heavy atom. The topological polar surface area (TPSA) is 113 Å². The Hall–Kier alpha value is -2.29. The van der Waals surface area contributed by atoms with Crippen LogP contribution in [0.15, 0.2) is 24.3 Å². The van der Waals surface area contributed by atoms with E-state index in [4.69, 9.17) is 9.84 Å². The number of amides is 1. The van der Waals surface area contributed by atoms with Gasteiger partial charge in [-0.1, -0.05) is 6.92 Å². The summed E-state index contributed by atoms with van der Waals surface area (Å²) in [7, 11) is -3.94. The number of nitrogens with one attached hydrogen (secondary N) is 1. The molecule has 1 aromatic rings. The smallest absolute Gasteiger partial charge is 0.323 e. The number of anilines is 1. The van der Waals surface area contributed by atoms with Crippen molar-refractivity contribution in [3.05, 3.63) is 24.3 Å². The number of carboxylic acid groups (broad SMARTS) is 1. The number of carbonyl (C=O) groups excluding carboxylic acids is 1. The zero-order valence-corrected chi connectivity index (χ0v) is 15.4. The zero-order chi connectivity index (χ0) is 19.0. The molecule has 25 heavy (non-hydrogen) atoms. The first kappa shape index (κ1) is 20.8. The lowest BCUT2D eigenvalue weighted by atomic mass is 10.3. The van der Waals surface area contributed by atoms with E-state index in [-0.39, 0.29) is 12.6 Å². The largest absolute Gasteiger partial charge is 0.491 e. The molecule has 1 amide bonds. The van der Waals surface area contributed by atoms with E-state index in [1.165, 1.54) is 12.1 Å². The lowest BCUT2D eigenvalue weighted by Crippen LogP contribution is -2.40. The zero-order valence-electron chi connectivity index (χ0n) is 14.6. The molecule has 0 atom stereocenters. The first-order valence-corrected chi connectivity index (χ1v) is 9.55. The second-order valence-electron chi connectivity index (χ2n) is 5.76. The molecule has 9 heteroatoms. The van der Waals surface area contributed by atoms with Crippen LogP contribution in [0, 0.1) is 0 Å². The predicted molar refractivity (Wildman–Crippen MR) is 94.1 cm³/mol. The van der Waals surface area contributed by atoms with Crippen molar-refractivity contribution in [3.8, 4) is 5.75 Å². The summed E-state index contributed by atoms with van der Waals surface area (Å²) in [6.07, 6.45) is 0.531. The third-order valence-electron chi connectivity index (χ3n) is 2.99. The molecule has 8 nitrogen and oxygen atoms in total. The van der Waals surface area contributed by atoms with E-state index < -0.39 is 34.2 Å². The third-order valence-corrected chi connectivity index (χ3v) is 4.16. The third kappa shape index (κ3) is 7.88. The Morgan fingerprint density at radius 3 is 2.32 bits per heavy atom. The molecular formula is C16H24N2O6S. The van der Waals surface area contributed by atoms with Crippen molar-refractivity contribution in [1.82, 2.24) is 4.90 Å². The Kier molecular flexibility index (Phi) is 7.69. The predicted octanol–water partition coefficient (Wildman–Crippen LogP) is 1.54. The van der Waals surface area contributed by atoms with Gasteiger partial charge in [0.1, 0.15) is 18.0 Å². The number of carbonyl (C=O) groups is 2. The van der Waals surface area contributed by atoms with E-state index in [2.05, 4.69) is 4.72 Å². The fourth-order valence-corrected chi connectivity index (χ4v) is 3.14. The van der Waals surface area contributed by atoms with Crippen LogP contribution >= 0.6 is 0 Å². The average molecular weight is 372 g/mol. The van der Waals surface area contributed by atoms with E-state index >= 15 is 0 Å². The van der Waals surface area contributed by atoms with Crippen LogP contribution in [0.25, 0.3) is 0 Å². The molecular weight excluding hydrogens is 348 g/mol. The highest BCUT2D eigenvalue weighted by Crippen LogP contribution is 2.18. The molecule has 1 aromatic carbocycles. The molecule has 0 saturated carbocycles. The van der Waals surface area contributed by atoms with Gasteiger partial charge in [-0.05, 0) is 44.5 Å². The quantitative estimate of drug-likeness (QED) is 0.644. The molecule has 0 fully saturated rings. The lowest BCUT2D eigenvalue weighted by molar-refractivity contribution is -0.143. The van der Waals surface area contributed by atoms with Crippen molar-refractivity contribution in [3.63, 3.8) is 0 Å². The van der Waals surface area contributed by atoms with Crippen LogP contribution in [0.1, 0.15) is 27.2 Å². The molecule has 0 aromatic heterocycles. The Balaban J connectivity index is 2.73. The second kappa shape index (κ2) is 9.26. The average Bonchev–Trinajstić information content (AvgIpc) is 2.47. The minimum Gasteiger partial charge on any atom is -0.491 e.